The summed E-state index contributed by atoms with van der Waals surface area (Å²) in [6.45, 7) is 6.17. The smallest absolute Gasteiger partial charge is 0.224 e. The van der Waals surface area contributed by atoms with Crippen molar-refractivity contribution in [1.29, 1.82) is 0 Å². The molecule has 0 aliphatic carbocycles. The molecule has 1 rings (SSSR count). The number of benzene rings is 1. The highest BCUT2D eigenvalue weighted by atomic mass is 79.9. The van der Waals surface area contributed by atoms with Crippen molar-refractivity contribution in [3.63, 3.8) is 0 Å². The molecule has 16 heavy (non-hydrogen) atoms. The molecule has 0 fully saturated rings. The molecule has 1 aromatic rings. The second-order valence-electron chi connectivity index (χ2n) is 5.12. The predicted molar refractivity (Wildman–Crippen MR) is 71.8 cm³/mol. The van der Waals surface area contributed by atoms with E-state index in [1.807, 2.05) is 24.3 Å². The Bertz CT molecular complexity index is 351. The highest BCUT2D eigenvalue weighted by Crippen LogP contribution is 2.20. The highest BCUT2D eigenvalue weighted by Gasteiger charge is 2.15. The average molecular weight is 284 g/mol. The molecule has 0 saturated carbocycles. The zero-order chi connectivity index (χ0) is 12.2. The van der Waals surface area contributed by atoms with E-state index in [-0.39, 0.29) is 11.3 Å². The van der Waals surface area contributed by atoms with Crippen LogP contribution in [0.25, 0.3) is 0 Å². The van der Waals surface area contributed by atoms with E-state index in [0.29, 0.717) is 6.42 Å². The van der Waals surface area contributed by atoms with Crippen LogP contribution in [0.4, 0.5) is 5.69 Å². The maximum Gasteiger partial charge on any atom is 0.224 e. The summed E-state index contributed by atoms with van der Waals surface area (Å²) in [4.78, 5) is 11.7. The lowest BCUT2D eigenvalue weighted by atomic mass is 9.92. The normalized spacial score (nSPS) is 11.2. The quantitative estimate of drug-likeness (QED) is 0.836. The minimum atomic E-state index is 0.0277. The first-order valence-electron chi connectivity index (χ1n) is 5.35. The van der Waals surface area contributed by atoms with E-state index in [1.165, 1.54) is 5.56 Å². The van der Waals surface area contributed by atoms with E-state index in [2.05, 4.69) is 42.0 Å². The van der Waals surface area contributed by atoms with Gasteiger partial charge in [0, 0.05) is 17.4 Å². The van der Waals surface area contributed by atoms with Crippen molar-refractivity contribution >= 4 is 27.5 Å². The van der Waals surface area contributed by atoms with Crippen LogP contribution in [0.5, 0.6) is 0 Å². The SMILES string of the molecule is CC(C)(C)CC(=O)Nc1ccc(CBr)cc1. The van der Waals surface area contributed by atoms with Crippen molar-refractivity contribution in [2.24, 2.45) is 5.41 Å². The lowest BCUT2D eigenvalue weighted by molar-refractivity contribution is -0.117. The summed E-state index contributed by atoms with van der Waals surface area (Å²) in [5.74, 6) is 0.0686. The maximum atomic E-state index is 11.7. The van der Waals surface area contributed by atoms with Gasteiger partial charge < -0.3 is 5.32 Å². The summed E-state index contributed by atoms with van der Waals surface area (Å²) in [6, 6.07) is 7.86. The Morgan fingerprint density at radius 1 is 1.25 bits per heavy atom. The zero-order valence-corrected chi connectivity index (χ0v) is 11.6. The van der Waals surface area contributed by atoms with Gasteiger partial charge in [-0.15, -0.1) is 0 Å². The van der Waals surface area contributed by atoms with Gasteiger partial charge in [-0.2, -0.15) is 0 Å². The topological polar surface area (TPSA) is 29.1 Å². The lowest BCUT2D eigenvalue weighted by Crippen LogP contribution is -2.19. The number of hydrogen-bond acceptors (Lipinski definition) is 1. The number of nitrogens with one attached hydrogen (secondary N) is 1. The molecular weight excluding hydrogens is 266 g/mol. The number of amides is 1. The van der Waals surface area contributed by atoms with Crippen LogP contribution in [0.15, 0.2) is 24.3 Å². The first-order chi connectivity index (χ1) is 7.40. The third-order valence-electron chi connectivity index (χ3n) is 2.08. The first kappa shape index (κ1) is 13.2. The molecule has 0 spiro atoms. The van der Waals surface area contributed by atoms with Crippen LogP contribution in [-0.4, -0.2) is 5.91 Å². The van der Waals surface area contributed by atoms with Gasteiger partial charge in [0.1, 0.15) is 0 Å². The molecule has 0 atom stereocenters. The number of rotatable bonds is 3. The lowest BCUT2D eigenvalue weighted by Gasteiger charge is -2.17. The number of alkyl halides is 1. The Kier molecular flexibility index (Phi) is 4.54. The molecule has 0 aliphatic rings. The van der Waals surface area contributed by atoms with E-state index in [0.717, 1.165) is 11.0 Å². The fourth-order valence-electron chi connectivity index (χ4n) is 1.36. The van der Waals surface area contributed by atoms with Crippen LogP contribution in [0, 0.1) is 5.41 Å². The Labute approximate surface area is 106 Å². The molecule has 0 radical (unpaired) electrons. The Hall–Kier alpha value is -0.830. The summed E-state index contributed by atoms with van der Waals surface area (Å²) >= 11 is 3.39. The number of carbonyl (C=O) groups is 1. The fourth-order valence-corrected chi connectivity index (χ4v) is 1.74. The molecule has 0 aromatic heterocycles. The van der Waals surface area contributed by atoms with Crippen molar-refractivity contribution in [3.05, 3.63) is 29.8 Å². The molecule has 1 aromatic carbocycles. The van der Waals surface area contributed by atoms with E-state index < -0.39 is 0 Å². The molecule has 0 unspecified atom stereocenters. The third kappa shape index (κ3) is 4.79. The van der Waals surface area contributed by atoms with Crippen LogP contribution in [0.1, 0.15) is 32.8 Å². The highest BCUT2D eigenvalue weighted by molar-refractivity contribution is 9.08. The molecule has 0 saturated heterocycles. The van der Waals surface area contributed by atoms with Crippen LogP contribution in [-0.2, 0) is 10.1 Å². The van der Waals surface area contributed by atoms with Gasteiger partial charge in [-0.1, -0.05) is 48.8 Å². The zero-order valence-electron chi connectivity index (χ0n) is 10.0. The summed E-state index contributed by atoms with van der Waals surface area (Å²) < 4.78 is 0. The minimum Gasteiger partial charge on any atom is -0.326 e. The number of halogens is 1. The molecule has 1 N–H and O–H groups in total. The van der Waals surface area contributed by atoms with E-state index >= 15 is 0 Å². The van der Waals surface area contributed by atoms with Gasteiger partial charge >= 0.3 is 0 Å². The number of carbonyl (C=O) groups excluding carboxylic acids is 1. The minimum absolute atomic E-state index is 0.0277. The monoisotopic (exact) mass is 283 g/mol. The van der Waals surface area contributed by atoms with Crippen LogP contribution < -0.4 is 5.32 Å². The van der Waals surface area contributed by atoms with E-state index in [1.54, 1.807) is 0 Å². The molecule has 88 valence electrons. The Balaban J connectivity index is 2.56. The molecule has 2 nitrogen and oxygen atoms in total. The molecule has 3 heteroatoms. The fraction of sp³-hybridized carbons (Fsp3) is 0.462. The van der Waals surface area contributed by atoms with Gasteiger partial charge in [0.05, 0.1) is 0 Å². The number of hydrogen-bond donors (Lipinski definition) is 1. The average Bonchev–Trinajstić information content (AvgIpc) is 2.16. The largest absolute Gasteiger partial charge is 0.326 e. The standard InChI is InChI=1S/C13H18BrNO/c1-13(2,3)8-12(16)15-11-6-4-10(9-14)5-7-11/h4-7H,8-9H2,1-3H3,(H,15,16). The third-order valence-corrected chi connectivity index (χ3v) is 2.73. The van der Waals surface area contributed by atoms with Crippen LogP contribution in [0.2, 0.25) is 0 Å². The first-order valence-corrected chi connectivity index (χ1v) is 6.47. The molecule has 0 aliphatic heterocycles. The second-order valence-corrected chi connectivity index (χ2v) is 5.68. The van der Waals surface area contributed by atoms with E-state index in [9.17, 15) is 4.79 Å². The van der Waals surface area contributed by atoms with Crippen molar-refractivity contribution in [3.8, 4) is 0 Å². The van der Waals surface area contributed by atoms with Gasteiger partial charge in [0.25, 0.3) is 0 Å². The van der Waals surface area contributed by atoms with Gasteiger partial charge in [0.2, 0.25) is 5.91 Å². The molecule has 0 heterocycles. The van der Waals surface area contributed by atoms with Gasteiger partial charge in [-0.25, -0.2) is 0 Å². The summed E-state index contributed by atoms with van der Waals surface area (Å²) in [5.41, 5.74) is 2.09. The summed E-state index contributed by atoms with van der Waals surface area (Å²) in [7, 11) is 0. The van der Waals surface area contributed by atoms with E-state index in [4.69, 9.17) is 0 Å². The Morgan fingerprint density at radius 2 is 1.81 bits per heavy atom. The van der Waals surface area contributed by atoms with Gasteiger partial charge in [0.15, 0.2) is 0 Å². The second kappa shape index (κ2) is 5.48. The van der Waals surface area contributed by atoms with Gasteiger partial charge in [-0.05, 0) is 23.1 Å². The van der Waals surface area contributed by atoms with Crippen molar-refractivity contribution in [2.75, 3.05) is 5.32 Å². The summed E-state index contributed by atoms with van der Waals surface area (Å²) in [6.07, 6.45) is 0.535. The van der Waals surface area contributed by atoms with Crippen molar-refractivity contribution in [2.45, 2.75) is 32.5 Å². The maximum absolute atomic E-state index is 11.7. The molecule has 0 bridgehead atoms. The van der Waals surface area contributed by atoms with Gasteiger partial charge in [-0.3, -0.25) is 4.79 Å². The van der Waals surface area contributed by atoms with Crippen LogP contribution >= 0.6 is 15.9 Å². The summed E-state index contributed by atoms with van der Waals surface area (Å²) in [5, 5.41) is 3.73. The van der Waals surface area contributed by atoms with Crippen molar-refractivity contribution in [1.82, 2.24) is 0 Å². The molecular formula is C13H18BrNO. The predicted octanol–water partition coefficient (Wildman–Crippen LogP) is 3.96. The van der Waals surface area contributed by atoms with Crippen molar-refractivity contribution < 1.29 is 4.79 Å². The van der Waals surface area contributed by atoms with Crippen LogP contribution in [0.3, 0.4) is 0 Å². The number of anilines is 1. The Morgan fingerprint density at radius 3 is 2.25 bits per heavy atom. The molecule has 1 amide bonds.